The zero-order chi connectivity index (χ0) is 32.8. The smallest absolute Gasteiger partial charge is 0.331 e. The molecule has 0 bridgehead atoms. The molecule has 2 fully saturated rings. The third kappa shape index (κ3) is 6.64. The number of ether oxygens (including phenoxy) is 2. The summed E-state index contributed by atoms with van der Waals surface area (Å²) in [4.78, 5) is 13.1. The molecule has 42 heavy (non-hydrogen) atoms. The SMILES string of the molecule is O=C(N(C1CCCCC1)C1CCCCC1)[C@](F)(OC(F)(F)[C@@](F)(OC(F)(F)C(F)(F)C(F)(F)F)C(F)(F)F)C(F)(F)F. The lowest BCUT2D eigenvalue weighted by molar-refractivity contribution is -0.548. The summed E-state index contributed by atoms with van der Waals surface area (Å²) in [6.45, 7) is 0. The zero-order valence-electron chi connectivity index (χ0n) is 20.8. The largest absolute Gasteiger partial charge is 0.462 e. The van der Waals surface area contributed by atoms with Crippen molar-refractivity contribution in [1.29, 1.82) is 0 Å². The summed E-state index contributed by atoms with van der Waals surface area (Å²) < 4.78 is 234. The summed E-state index contributed by atoms with van der Waals surface area (Å²) in [5.41, 5.74) is 0. The third-order valence-corrected chi connectivity index (χ3v) is 6.81. The number of rotatable bonds is 9. The molecule has 2 aliphatic carbocycles. The number of carbonyl (C=O) groups is 1. The molecule has 0 unspecified atom stereocenters. The van der Waals surface area contributed by atoms with Crippen LogP contribution in [0.3, 0.4) is 0 Å². The molecule has 0 aliphatic heterocycles. The first-order chi connectivity index (χ1) is 18.7. The average Bonchev–Trinajstić information content (AvgIpc) is 2.82. The van der Waals surface area contributed by atoms with Crippen molar-refractivity contribution >= 4 is 5.91 Å². The lowest BCUT2D eigenvalue weighted by atomic mass is 9.88. The molecule has 2 saturated carbocycles. The van der Waals surface area contributed by atoms with Gasteiger partial charge in [-0.1, -0.05) is 38.5 Å². The highest BCUT2D eigenvalue weighted by atomic mass is 19.4. The van der Waals surface area contributed by atoms with Gasteiger partial charge < -0.3 is 4.90 Å². The molecule has 0 N–H and O–H groups in total. The van der Waals surface area contributed by atoms with Crippen LogP contribution in [0.4, 0.5) is 74.6 Å². The number of amides is 1. The van der Waals surface area contributed by atoms with Crippen molar-refractivity contribution in [3.8, 4) is 0 Å². The Morgan fingerprint density at radius 3 is 1.19 bits per heavy atom. The number of halogens is 17. The lowest BCUT2D eigenvalue weighted by Gasteiger charge is -2.45. The van der Waals surface area contributed by atoms with Crippen LogP contribution in [0.25, 0.3) is 0 Å². The van der Waals surface area contributed by atoms with Crippen molar-refractivity contribution in [2.24, 2.45) is 0 Å². The fourth-order valence-electron chi connectivity index (χ4n) is 4.67. The molecule has 248 valence electrons. The van der Waals surface area contributed by atoms with Gasteiger partial charge in [-0.3, -0.25) is 14.3 Å². The van der Waals surface area contributed by atoms with Crippen molar-refractivity contribution in [2.45, 2.75) is 125 Å². The minimum atomic E-state index is -8.01. The number of hydrogen-bond donors (Lipinski definition) is 0. The maximum Gasteiger partial charge on any atom is 0.462 e. The van der Waals surface area contributed by atoms with Gasteiger partial charge in [-0.05, 0) is 25.7 Å². The van der Waals surface area contributed by atoms with Crippen LogP contribution in [0.1, 0.15) is 64.2 Å². The predicted octanol–water partition coefficient (Wildman–Crippen LogP) is 8.35. The summed E-state index contributed by atoms with van der Waals surface area (Å²) >= 11 is 0. The van der Waals surface area contributed by atoms with Crippen LogP contribution >= 0.6 is 0 Å². The molecule has 0 radical (unpaired) electrons. The van der Waals surface area contributed by atoms with Crippen LogP contribution < -0.4 is 0 Å². The molecule has 0 spiro atoms. The maximum absolute atomic E-state index is 15.4. The first-order valence-electron chi connectivity index (χ1n) is 12.1. The van der Waals surface area contributed by atoms with Gasteiger partial charge in [0.1, 0.15) is 0 Å². The van der Waals surface area contributed by atoms with E-state index in [0.717, 1.165) is 0 Å². The van der Waals surface area contributed by atoms with E-state index in [0.29, 0.717) is 12.8 Å². The van der Waals surface area contributed by atoms with E-state index in [1.807, 2.05) is 0 Å². The highest BCUT2D eigenvalue weighted by Crippen LogP contribution is 2.57. The second-order valence-corrected chi connectivity index (χ2v) is 9.79. The van der Waals surface area contributed by atoms with Gasteiger partial charge in [-0.15, -0.1) is 0 Å². The minimum Gasteiger partial charge on any atom is -0.331 e. The van der Waals surface area contributed by atoms with Gasteiger partial charge in [0.05, 0.1) is 0 Å². The van der Waals surface area contributed by atoms with E-state index in [-0.39, 0.29) is 56.3 Å². The Balaban J connectivity index is 2.64. The molecule has 4 nitrogen and oxygen atoms in total. The molecule has 1 amide bonds. The molecular weight excluding hydrogens is 637 g/mol. The van der Waals surface area contributed by atoms with E-state index in [1.165, 1.54) is 0 Å². The van der Waals surface area contributed by atoms with Crippen molar-refractivity contribution in [2.75, 3.05) is 0 Å². The van der Waals surface area contributed by atoms with Crippen LogP contribution in [0, 0.1) is 0 Å². The van der Waals surface area contributed by atoms with E-state index in [4.69, 9.17) is 0 Å². The molecular formula is C21H22F17NO3. The highest BCUT2D eigenvalue weighted by Gasteiger charge is 2.85. The lowest BCUT2D eigenvalue weighted by Crippen LogP contribution is -2.69. The van der Waals surface area contributed by atoms with E-state index in [1.54, 1.807) is 4.74 Å². The predicted molar refractivity (Wildman–Crippen MR) is 103 cm³/mol. The van der Waals surface area contributed by atoms with Gasteiger partial charge in [0.15, 0.2) is 0 Å². The molecule has 2 aliphatic rings. The fraction of sp³-hybridized carbons (Fsp3) is 0.952. The summed E-state index contributed by atoms with van der Waals surface area (Å²) in [6.07, 6.45) is -37.2. The molecule has 0 aromatic heterocycles. The number of nitrogens with zero attached hydrogens (tertiary/aromatic N) is 1. The number of hydrogen-bond acceptors (Lipinski definition) is 3. The molecule has 0 aromatic rings. The van der Waals surface area contributed by atoms with Crippen LogP contribution in [0.5, 0.6) is 0 Å². The Morgan fingerprint density at radius 1 is 0.500 bits per heavy atom. The third-order valence-electron chi connectivity index (χ3n) is 6.81. The monoisotopic (exact) mass is 659 g/mol. The van der Waals surface area contributed by atoms with Crippen molar-refractivity contribution in [3.05, 3.63) is 0 Å². The molecule has 2 atom stereocenters. The van der Waals surface area contributed by atoms with E-state index in [9.17, 15) is 75.0 Å². The van der Waals surface area contributed by atoms with Gasteiger partial charge in [0.25, 0.3) is 5.91 Å². The highest BCUT2D eigenvalue weighted by molar-refractivity contribution is 5.85. The molecule has 0 aromatic carbocycles. The summed E-state index contributed by atoms with van der Waals surface area (Å²) in [5.74, 6) is -25.7. The van der Waals surface area contributed by atoms with Crippen LogP contribution in [-0.2, 0) is 14.3 Å². The first kappa shape index (κ1) is 36.4. The Labute approximate surface area is 225 Å². The molecule has 21 heteroatoms. The Kier molecular flexibility index (Phi) is 10.1. The van der Waals surface area contributed by atoms with E-state index < -0.39 is 66.4 Å². The first-order valence-corrected chi connectivity index (χ1v) is 12.1. The fourth-order valence-corrected chi connectivity index (χ4v) is 4.67. The second-order valence-electron chi connectivity index (χ2n) is 9.79. The molecule has 0 saturated heterocycles. The Morgan fingerprint density at radius 2 is 0.881 bits per heavy atom. The average molecular weight is 659 g/mol. The van der Waals surface area contributed by atoms with E-state index in [2.05, 4.69) is 4.74 Å². The van der Waals surface area contributed by atoms with Crippen LogP contribution in [0.15, 0.2) is 0 Å². The summed E-state index contributed by atoms with van der Waals surface area (Å²) in [7, 11) is 0. The van der Waals surface area contributed by atoms with Gasteiger partial charge >= 0.3 is 48.4 Å². The minimum absolute atomic E-state index is 0.0999. The molecule has 0 heterocycles. The Hall–Kier alpha value is -1.80. The summed E-state index contributed by atoms with van der Waals surface area (Å²) in [6, 6.07) is -2.65. The maximum atomic E-state index is 15.4. The number of alkyl halides is 17. The second kappa shape index (κ2) is 11.6. The van der Waals surface area contributed by atoms with Crippen molar-refractivity contribution in [3.63, 3.8) is 0 Å². The van der Waals surface area contributed by atoms with Crippen molar-refractivity contribution in [1.82, 2.24) is 4.90 Å². The zero-order valence-corrected chi connectivity index (χ0v) is 20.8. The van der Waals surface area contributed by atoms with Crippen molar-refractivity contribution < 1.29 is 88.9 Å². The van der Waals surface area contributed by atoms with Crippen LogP contribution in [0.2, 0.25) is 0 Å². The van der Waals surface area contributed by atoms with Gasteiger partial charge in [0, 0.05) is 12.1 Å². The molecule has 2 rings (SSSR count). The van der Waals surface area contributed by atoms with E-state index >= 15 is 4.39 Å². The summed E-state index contributed by atoms with van der Waals surface area (Å²) in [5, 5.41) is 0. The topological polar surface area (TPSA) is 38.8 Å². The standard InChI is InChI=1S/C21H22F17NO3/c22-14(17(26,27)28,13(40)39(11-7-3-1-4-8-11)12-9-5-2-6-10-12)41-21(37,38)16(25,19(32,33)34)42-20(35,36)15(23,24)18(29,30)31/h11-12H,1-10H2/t14-,16-/m0/s1. The van der Waals surface area contributed by atoms with Gasteiger partial charge in [0.2, 0.25) is 0 Å². The quantitative estimate of drug-likeness (QED) is 0.234. The Bertz CT molecular complexity index is 920. The van der Waals surface area contributed by atoms with Gasteiger partial charge in [-0.25, -0.2) is 0 Å². The van der Waals surface area contributed by atoms with Gasteiger partial charge in [-0.2, -0.15) is 74.6 Å². The number of carbonyl (C=O) groups excluding carboxylic acids is 1. The normalized spacial score (nSPS) is 22.4. The van der Waals surface area contributed by atoms with Crippen LogP contribution in [-0.4, -0.2) is 71.3 Å².